The lowest BCUT2D eigenvalue weighted by Gasteiger charge is -2.19. The molecule has 1 N–H and O–H groups in total. The third kappa shape index (κ3) is 1.42. The van der Waals surface area contributed by atoms with Gasteiger partial charge >= 0.3 is 0 Å². The van der Waals surface area contributed by atoms with Crippen LogP contribution in [-0.4, -0.2) is 19.1 Å². The molecule has 0 bridgehead atoms. The summed E-state index contributed by atoms with van der Waals surface area (Å²) >= 11 is 3.52. The minimum atomic E-state index is 0.104. The molecule has 0 aliphatic heterocycles. The molecule has 4 heteroatoms. The van der Waals surface area contributed by atoms with Gasteiger partial charge in [0.2, 0.25) is 0 Å². The van der Waals surface area contributed by atoms with Crippen LogP contribution < -0.4 is 10.1 Å². The van der Waals surface area contributed by atoms with Gasteiger partial charge in [-0.1, -0.05) is 0 Å². The zero-order valence-corrected chi connectivity index (χ0v) is 9.89. The molecule has 1 aliphatic carbocycles. The highest BCUT2D eigenvalue weighted by molar-refractivity contribution is 9.10. The van der Waals surface area contributed by atoms with Gasteiger partial charge < -0.3 is 10.1 Å². The van der Waals surface area contributed by atoms with Gasteiger partial charge in [-0.25, -0.2) is 0 Å². The molecule has 1 aromatic rings. The van der Waals surface area contributed by atoms with Gasteiger partial charge in [0.15, 0.2) is 0 Å². The molecule has 1 aliphatic rings. The zero-order chi connectivity index (χ0) is 10.2. The topological polar surface area (TPSA) is 34.2 Å². The number of nitrogens with one attached hydrogen (secondary N) is 1. The van der Waals surface area contributed by atoms with Crippen LogP contribution in [0.1, 0.15) is 18.4 Å². The fraction of sp³-hybridized carbons (Fsp3) is 0.500. The molecular formula is C10H13BrN2O. The smallest absolute Gasteiger partial charge is 0.143 e. The summed E-state index contributed by atoms with van der Waals surface area (Å²) in [5.74, 6) is 0.853. The highest BCUT2D eigenvalue weighted by atomic mass is 79.9. The number of ether oxygens (including phenoxy) is 1. The van der Waals surface area contributed by atoms with Crippen LogP contribution in [0.25, 0.3) is 0 Å². The lowest BCUT2D eigenvalue weighted by molar-refractivity contribution is 0.396. The average Bonchev–Trinajstić information content (AvgIpc) is 2.98. The Morgan fingerprint density at radius 3 is 2.71 bits per heavy atom. The van der Waals surface area contributed by atoms with Crippen molar-refractivity contribution >= 4 is 15.9 Å². The molecule has 76 valence electrons. The number of halogens is 1. The molecular weight excluding hydrogens is 244 g/mol. The predicted molar refractivity (Wildman–Crippen MR) is 58.5 cm³/mol. The first kappa shape index (κ1) is 9.93. The van der Waals surface area contributed by atoms with E-state index in [4.69, 9.17) is 4.74 Å². The number of methoxy groups -OCH3 is 1. The van der Waals surface area contributed by atoms with Crippen molar-refractivity contribution in [3.05, 3.63) is 22.4 Å². The van der Waals surface area contributed by atoms with E-state index >= 15 is 0 Å². The number of hydrogen-bond donors (Lipinski definition) is 1. The molecule has 1 saturated carbocycles. The maximum atomic E-state index is 5.32. The molecule has 1 aromatic heterocycles. The van der Waals surface area contributed by atoms with E-state index < -0.39 is 0 Å². The van der Waals surface area contributed by atoms with E-state index in [0.717, 1.165) is 23.1 Å². The van der Waals surface area contributed by atoms with Gasteiger partial charge in [0.1, 0.15) is 5.75 Å². The van der Waals surface area contributed by atoms with Gasteiger partial charge in [-0.05, 0) is 35.8 Å². The molecule has 3 nitrogen and oxygen atoms in total. The largest absolute Gasteiger partial charge is 0.495 e. The predicted octanol–water partition coefficient (Wildman–Crippen LogP) is 2.06. The number of hydrogen-bond acceptors (Lipinski definition) is 3. The molecule has 1 heterocycles. The van der Waals surface area contributed by atoms with Crippen LogP contribution in [0.4, 0.5) is 0 Å². The van der Waals surface area contributed by atoms with Gasteiger partial charge in [-0.2, -0.15) is 0 Å². The highest BCUT2D eigenvalue weighted by Gasteiger charge is 2.46. The quantitative estimate of drug-likeness (QED) is 0.899. The van der Waals surface area contributed by atoms with Crippen molar-refractivity contribution in [2.75, 3.05) is 14.2 Å². The number of pyridine rings is 1. The van der Waals surface area contributed by atoms with Crippen LogP contribution in [0.15, 0.2) is 16.9 Å². The Hall–Kier alpha value is -0.610. The maximum Gasteiger partial charge on any atom is 0.143 e. The summed E-state index contributed by atoms with van der Waals surface area (Å²) < 4.78 is 6.34. The second-order valence-electron chi connectivity index (χ2n) is 3.53. The molecule has 0 saturated heterocycles. The SMILES string of the molecule is CNC1(c2c(Br)cncc2OC)CC1. The van der Waals surface area contributed by atoms with Gasteiger partial charge in [0.25, 0.3) is 0 Å². The van der Waals surface area contributed by atoms with Crippen LogP contribution in [0.2, 0.25) is 0 Å². The minimum Gasteiger partial charge on any atom is -0.495 e. The van der Waals surface area contributed by atoms with E-state index in [0.29, 0.717) is 0 Å². The van der Waals surface area contributed by atoms with E-state index in [1.54, 1.807) is 13.3 Å². The van der Waals surface area contributed by atoms with E-state index in [1.165, 1.54) is 5.56 Å². The van der Waals surface area contributed by atoms with Gasteiger partial charge in [-0.3, -0.25) is 4.98 Å². The molecule has 0 radical (unpaired) electrons. The molecule has 14 heavy (non-hydrogen) atoms. The lowest BCUT2D eigenvalue weighted by atomic mass is 10.1. The van der Waals surface area contributed by atoms with Crippen LogP contribution in [0.3, 0.4) is 0 Å². The molecule has 0 unspecified atom stereocenters. The van der Waals surface area contributed by atoms with Gasteiger partial charge in [0, 0.05) is 21.8 Å². The Kier molecular flexibility index (Phi) is 2.49. The average molecular weight is 257 g/mol. The van der Waals surface area contributed by atoms with E-state index in [9.17, 15) is 0 Å². The fourth-order valence-corrected chi connectivity index (χ4v) is 2.48. The summed E-state index contributed by atoms with van der Waals surface area (Å²) in [5, 5.41) is 3.35. The van der Waals surface area contributed by atoms with Gasteiger partial charge in [0.05, 0.1) is 13.3 Å². The van der Waals surface area contributed by atoms with E-state index in [1.807, 2.05) is 13.2 Å². The first-order chi connectivity index (χ1) is 6.73. The molecule has 2 rings (SSSR count). The monoisotopic (exact) mass is 256 g/mol. The van der Waals surface area contributed by atoms with Crippen LogP contribution in [0, 0.1) is 0 Å². The normalized spacial score (nSPS) is 17.9. The molecule has 0 amide bonds. The summed E-state index contributed by atoms with van der Waals surface area (Å²) in [4.78, 5) is 4.09. The molecule has 0 atom stereocenters. The Labute approximate surface area is 92.0 Å². The Morgan fingerprint density at radius 1 is 1.50 bits per heavy atom. The first-order valence-electron chi connectivity index (χ1n) is 4.60. The summed E-state index contributed by atoms with van der Waals surface area (Å²) in [6, 6.07) is 0. The molecule has 0 aromatic carbocycles. The Balaban J connectivity index is 2.50. The van der Waals surface area contributed by atoms with E-state index in [2.05, 4.69) is 26.2 Å². The second-order valence-corrected chi connectivity index (χ2v) is 4.39. The van der Waals surface area contributed by atoms with Crippen molar-refractivity contribution in [1.29, 1.82) is 0 Å². The number of aromatic nitrogens is 1. The van der Waals surface area contributed by atoms with Crippen molar-refractivity contribution in [2.24, 2.45) is 0 Å². The highest BCUT2D eigenvalue weighted by Crippen LogP contribution is 2.50. The Bertz CT molecular complexity index is 350. The van der Waals surface area contributed by atoms with Crippen molar-refractivity contribution in [2.45, 2.75) is 18.4 Å². The summed E-state index contributed by atoms with van der Waals surface area (Å²) in [5.41, 5.74) is 1.30. The van der Waals surface area contributed by atoms with Crippen molar-refractivity contribution < 1.29 is 4.74 Å². The molecule has 0 spiro atoms. The van der Waals surface area contributed by atoms with Crippen LogP contribution >= 0.6 is 15.9 Å². The number of nitrogens with zero attached hydrogens (tertiary/aromatic N) is 1. The van der Waals surface area contributed by atoms with Crippen LogP contribution in [0.5, 0.6) is 5.75 Å². The Morgan fingerprint density at radius 2 is 2.21 bits per heavy atom. The second kappa shape index (κ2) is 3.51. The summed E-state index contributed by atoms with van der Waals surface area (Å²) in [6.07, 6.45) is 5.89. The van der Waals surface area contributed by atoms with Crippen molar-refractivity contribution in [3.63, 3.8) is 0 Å². The fourth-order valence-electron chi connectivity index (χ4n) is 1.79. The third-order valence-electron chi connectivity index (χ3n) is 2.79. The standard InChI is InChI=1S/C10H13BrN2O/c1-12-10(3-4-10)9-7(11)5-13-6-8(9)14-2/h5-6,12H,3-4H2,1-2H3. The minimum absolute atomic E-state index is 0.104. The maximum absolute atomic E-state index is 5.32. The summed E-state index contributed by atoms with van der Waals surface area (Å²) in [7, 11) is 3.66. The van der Waals surface area contributed by atoms with E-state index in [-0.39, 0.29) is 5.54 Å². The summed E-state index contributed by atoms with van der Waals surface area (Å²) in [6.45, 7) is 0. The third-order valence-corrected chi connectivity index (χ3v) is 3.39. The van der Waals surface area contributed by atoms with Gasteiger partial charge in [-0.15, -0.1) is 0 Å². The molecule has 1 fully saturated rings. The van der Waals surface area contributed by atoms with Crippen molar-refractivity contribution in [3.8, 4) is 5.75 Å². The lowest BCUT2D eigenvalue weighted by Crippen LogP contribution is -2.25. The zero-order valence-electron chi connectivity index (χ0n) is 8.30. The van der Waals surface area contributed by atoms with Crippen LogP contribution in [-0.2, 0) is 5.54 Å². The van der Waals surface area contributed by atoms with Crippen molar-refractivity contribution in [1.82, 2.24) is 10.3 Å². The first-order valence-corrected chi connectivity index (χ1v) is 5.40. The number of rotatable bonds is 3.